The van der Waals surface area contributed by atoms with Gasteiger partial charge in [0.1, 0.15) is 17.3 Å². The van der Waals surface area contributed by atoms with Crippen molar-refractivity contribution in [3.63, 3.8) is 0 Å². The highest BCUT2D eigenvalue weighted by molar-refractivity contribution is 5.81. The normalized spacial score (nSPS) is 25.6. The first kappa shape index (κ1) is 22.8. The van der Waals surface area contributed by atoms with Crippen LogP contribution in [0.3, 0.4) is 0 Å². The Labute approximate surface area is 199 Å². The first-order valence-electron chi connectivity index (χ1n) is 11.9. The van der Waals surface area contributed by atoms with Gasteiger partial charge in [-0.05, 0) is 58.2 Å². The van der Waals surface area contributed by atoms with Gasteiger partial charge in [0.05, 0.1) is 17.6 Å². The van der Waals surface area contributed by atoms with E-state index < -0.39 is 5.79 Å². The van der Waals surface area contributed by atoms with Crippen molar-refractivity contribution in [3.05, 3.63) is 52.1 Å². The first-order valence-corrected chi connectivity index (χ1v) is 11.9. The number of anilines is 1. The third kappa shape index (κ3) is 4.16. The minimum absolute atomic E-state index is 0.236. The number of nitrogens with two attached hydrogens (primary N) is 1. The number of rotatable bonds is 5. The van der Waals surface area contributed by atoms with Crippen LogP contribution in [0.4, 0.5) is 10.2 Å². The highest BCUT2D eigenvalue weighted by Gasteiger charge is 2.37. The molecule has 2 unspecified atom stereocenters. The van der Waals surface area contributed by atoms with Gasteiger partial charge in [0, 0.05) is 44.5 Å². The zero-order valence-electron chi connectivity index (χ0n) is 20.6. The average molecular weight is 468 g/mol. The number of likely N-dealkylation sites (N-methyl/N-ethyl adjacent to an activating group) is 1. The van der Waals surface area contributed by atoms with E-state index in [2.05, 4.69) is 44.5 Å². The molecule has 1 saturated carbocycles. The topological polar surface area (TPSA) is 99.6 Å². The Hall–Kier alpha value is -2.98. The molecule has 10 heteroatoms. The van der Waals surface area contributed by atoms with Crippen molar-refractivity contribution >= 4 is 12.0 Å². The number of aromatic nitrogens is 3. The number of allylic oxidation sites excluding steroid dienone is 1. The summed E-state index contributed by atoms with van der Waals surface area (Å²) in [5, 5.41) is 11.4. The average Bonchev–Trinajstić information content (AvgIpc) is 3.58. The minimum atomic E-state index is -1.32. The van der Waals surface area contributed by atoms with Crippen molar-refractivity contribution in [1.82, 2.24) is 29.9 Å². The van der Waals surface area contributed by atoms with E-state index in [1.165, 1.54) is 0 Å². The predicted molar refractivity (Wildman–Crippen MR) is 131 cm³/mol. The molecule has 5 rings (SSSR count). The summed E-state index contributed by atoms with van der Waals surface area (Å²) in [6.07, 6.45) is 3.79. The molecule has 34 heavy (non-hydrogen) atoms. The van der Waals surface area contributed by atoms with Gasteiger partial charge in [-0.3, -0.25) is 10.4 Å². The van der Waals surface area contributed by atoms with Crippen molar-refractivity contribution in [1.29, 1.82) is 0 Å². The van der Waals surface area contributed by atoms with Crippen LogP contribution in [-0.4, -0.2) is 63.5 Å². The Bertz CT molecular complexity index is 1150. The summed E-state index contributed by atoms with van der Waals surface area (Å²) in [6, 6.07) is 4.16. The molecule has 0 amide bonds. The second kappa shape index (κ2) is 8.35. The zero-order chi connectivity index (χ0) is 24.2. The van der Waals surface area contributed by atoms with Gasteiger partial charge in [-0.2, -0.15) is 5.10 Å². The fraction of sp³-hybridized carbons (Fsp3) is 0.542. The molecule has 9 nitrogen and oxygen atoms in total. The molecule has 4 heterocycles. The van der Waals surface area contributed by atoms with Crippen LogP contribution in [-0.2, 0) is 12.8 Å². The summed E-state index contributed by atoms with van der Waals surface area (Å²) >= 11 is 0. The van der Waals surface area contributed by atoms with Gasteiger partial charge in [-0.1, -0.05) is 0 Å². The van der Waals surface area contributed by atoms with Gasteiger partial charge in [0.25, 0.3) is 0 Å². The number of piperazine rings is 1. The molecule has 2 atom stereocenters. The third-order valence-corrected chi connectivity index (χ3v) is 7.19. The van der Waals surface area contributed by atoms with Crippen molar-refractivity contribution in [3.8, 4) is 0 Å². The number of nitrogens with zero attached hydrogens (tertiary/aromatic N) is 6. The molecule has 2 aliphatic heterocycles. The van der Waals surface area contributed by atoms with Crippen molar-refractivity contribution < 1.29 is 4.39 Å². The van der Waals surface area contributed by atoms with Crippen LogP contribution in [0.2, 0.25) is 0 Å². The summed E-state index contributed by atoms with van der Waals surface area (Å²) in [5.41, 5.74) is 10.3. The Morgan fingerprint density at radius 3 is 2.62 bits per heavy atom. The van der Waals surface area contributed by atoms with Crippen LogP contribution in [0.15, 0.2) is 28.6 Å². The lowest BCUT2D eigenvalue weighted by molar-refractivity contribution is 0.133. The molecule has 2 aromatic rings. The van der Waals surface area contributed by atoms with Gasteiger partial charge in [-0.15, -0.1) is 0 Å². The number of hydrogen-bond acceptors (Lipinski definition) is 8. The lowest BCUT2D eigenvalue weighted by Gasteiger charge is -2.42. The van der Waals surface area contributed by atoms with Crippen LogP contribution in [0, 0.1) is 19.7 Å². The fourth-order valence-corrected chi connectivity index (χ4v) is 4.56. The van der Waals surface area contributed by atoms with Crippen LogP contribution in [0.5, 0.6) is 0 Å². The van der Waals surface area contributed by atoms with E-state index in [1.54, 1.807) is 13.0 Å². The summed E-state index contributed by atoms with van der Waals surface area (Å²) in [5.74, 6) is 0.102. The maximum atomic E-state index is 14.7. The van der Waals surface area contributed by atoms with Crippen molar-refractivity contribution in [2.24, 2.45) is 17.8 Å². The van der Waals surface area contributed by atoms with Crippen LogP contribution in [0.25, 0.3) is 0 Å². The number of pyridine rings is 1. The van der Waals surface area contributed by atoms with Crippen LogP contribution < -0.4 is 16.4 Å². The summed E-state index contributed by atoms with van der Waals surface area (Å²) < 4.78 is 16.6. The minimum Gasteiger partial charge on any atom is -0.365 e. The monoisotopic (exact) mass is 467 g/mol. The van der Waals surface area contributed by atoms with Crippen LogP contribution in [0.1, 0.15) is 48.3 Å². The number of aryl methyl sites for hydroxylation is 3. The van der Waals surface area contributed by atoms with Gasteiger partial charge < -0.3 is 20.4 Å². The highest BCUT2D eigenvalue weighted by Crippen LogP contribution is 2.42. The van der Waals surface area contributed by atoms with Gasteiger partial charge >= 0.3 is 0 Å². The Morgan fingerprint density at radius 2 is 1.97 bits per heavy atom. The second-order valence-corrected chi connectivity index (χ2v) is 9.88. The molecule has 2 fully saturated rings. The lowest BCUT2D eigenvalue weighted by Crippen LogP contribution is -2.56. The maximum absolute atomic E-state index is 14.7. The molecule has 1 aliphatic carbocycles. The number of hydrogen-bond donors (Lipinski definition) is 3. The van der Waals surface area contributed by atoms with Crippen molar-refractivity contribution in [2.75, 3.05) is 32.0 Å². The predicted octanol–water partition coefficient (Wildman–Crippen LogP) is 2.11. The lowest BCUT2D eigenvalue weighted by atomic mass is 10.0. The highest BCUT2D eigenvalue weighted by atomic mass is 19.1. The molecule has 3 aliphatic rings. The molecule has 0 spiro atoms. The SMILES string of the molecule is Cc1nc(C2(N)N=CC(N3CCN(C)C(C)C3)=C(Nc3cc(C)n(C)n3)N2)cc(C2CC2)c1F. The molecule has 2 aromatic heterocycles. The van der Waals surface area contributed by atoms with E-state index in [9.17, 15) is 4.39 Å². The quantitative estimate of drug-likeness (QED) is 0.619. The van der Waals surface area contributed by atoms with E-state index >= 15 is 0 Å². The molecule has 182 valence electrons. The molecule has 1 saturated heterocycles. The number of nitrogens with one attached hydrogen (secondary N) is 2. The zero-order valence-corrected chi connectivity index (χ0v) is 20.6. The summed E-state index contributed by atoms with van der Waals surface area (Å²) in [4.78, 5) is 13.9. The van der Waals surface area contributed by atoms with Gasteiger partial charge in [0.15, 0.2) is 5.82 Å². The standard InChI is InChI=1S/C24H34FN9/c1-14-10-21(31-33(14)5)29-23-19(34-9-8-32(4)15(2)13-34)12-27-24(26,30-23)20-11-18(17-6-7-17)22(25)16(3)28-20/h10-12,15,17,30H,6-9,13,26H2,1-5H3,(H,29,31). The fourth-order valence-electron chi connectivity index (χ4n) is 4.56. The Balaban J connectivity index is 1.51. The Morgan fingerprint density at radius 1 is 1.21 bits per heavy atom. The summed E-state index contributed by atoms with van der Waals surface area (Å²) in [6.45, 7) is 8.59. The molecule has 0 aromatic carbocycles. The van der Waals surface area contributed by atoms with E-state index in [-0.39, 0.29) is 11.7 Å². The molecular weight excluding hydrogens is 433 g/mol. The third-order valence-electron chi connectivity index (χ3n) is 7.19. The van der Waals surface area contributed by atoms with Gasteiger partial charge in [-0.25, -0.2) is 14.4 Å². The largest absolute Gasteiger partial charge is 0.365 e. The second-order valence-electron chi connectivity index (χ2n) is 9.88. The number of aliphatic imine (C=N–C) groups is 1. The van der Waals surface area contributed by atoms with Crippen LogP contribution >= 0.6 is 0 Å². The molecule has 0 bridgehead atoms. The molecule has 4 N–H and O–H groups in total. The van der Waals surface area contributed by atoms with E-state index in [1.807, 2.05) is 30.9 Å². The van der Waals surface area contributed by atoms with E-state index in [4.69, 9.17) is 10.7 Å². The van der Waals surface area contributed by atoms with E-state index in [0.29, 0.717) is 34.6 Å². The van der Waals surface area contributed by atoms with Crippen molar-refractivity contribution in [2.45, 2.75) is 51.4 Å². The summed E-state index contributed by atoms with van der Waals surface area (Å²) in [7, 11) is 4.05. The molecular formula is C24H34FN9. The van der Waals surface area contributed by atoms with Gasteiger partial charge in [0.2, 0.25) is 5.79 Å². The Kier molecular flexibility index (Phi) is 5.60. The number of halogens is 1. The smallest absolute Gasteiger partial charge is 0.227 e. The first-order chi connectivity index (χ1) is 16.1. The van der Waals surface area contributed by atoms with E-state index in [0.717, 1.165) is 43.9 Å². The maximum Gasteiger partial charge on any atom is 0.227 e. The molecule has 0 radical (unpaired) electrons.